The third-order valence-corrected chi connectivity index (χ3v) is 7.68. The number of benzene rings is 1. The molecular formula is C24H33N3O4. The predicted molar refractivity (Wildman–Crippen MR) is 116 cm³/mol. The number of imide groups is 1. The molecule has 1 aromatic carbocycles. The van der Waals surface area contributed by atoms with Gasteiger partial charge in [-0.2, -0.15) is 0 Å². The average Bonchev–Trinajstić information content (AvgIpc) is 3.47. The maximum absolute atomic E-state index is 13.1. The van der Waals surface area contributed by atoms with Gasteiger partial charge in [-0.15, -0.1) is 0 Å². The first-order valence-electron chi connectivity index (χ1n) is 11.4. The van der Waals surface area contributed by atoms with Crippen molar-refractivity contribution in [2.75, 3.05) is 6.54 Å². The lowest BCUT2D eigenvalue weighted by atomic mass is 9.73. The summed E-state index contributed by atoms with van der Waals surface area (Å²) in [7, 11) is 0. The zero-order valence-corrected chi connectivity index (χ0v) is 18.4. The molecule has 7 nitrogen and oxygen atoms in total. The molecule has 3 aliphatic rings. The molecule has 2 unspecified atom stereocenters. The van der Waals surface area contributed by atoms with E-state index in [1.165, 1.54) is 12.5 Å². The summed E-state index contributed by atoms with van der Waals surface area (Å²) in [5.74, 6) is -0.886. The van der Waals surface area contributed by atoms with Gasteiger partial charge in [-0.25, -0.2) is 4.79 Å². The van der Waals surface area contributed by atoms with Crippen molar-refractivity contribution in [3.63, 3.8) is 0 Å². The van der Waals surface area contributed by atoms with Crippen molar-refractivity contribution >= 4 is 17.8 Å². The molecule has 31 heavy (non-hydrogen) atoms. The molecular weight excluding hydrogens is 394 g/mol. The van der Waals surface area contributed by atoms with Gasteiger partial charge < -0.3 is 15.7 Å². The number of nitrogens with one attached hydrogen (secondary N) is 2. The Hall–Kier alpha value is -2.41. The van der Waals surface area contributed by atoms with Gasteiger partial charge in [-0.3, -0.25) is 14.5 Å². The van der Waals surface area contributed by atoms with E-state index in [9.17, 15) is 19.5 Å². The van der Waals surface area contributed by atoms with Gasteiger partial charge in [0.25, 0.3) is 11.8 Å². The molecule has 1 saturated heterocycles. The summed E-state index contributed by atoms with van der Waals surface area (Å²) in [6.45, 7) is 3.00. The van der Waals surface area contributed by atoms with E-state index in [4.69, 9.17) is 0 Å². The van der Waals surface area contributed by atoms with Crippen LogP contribution in [0.3, 0.4) is 0 Å². The van der Waals surface area contributed by atoms with E-state index in [2.05, 4.69) is 22.8 Å². The van der Waals surface area contributed by atoms with Crippen molar-refractivity contribution in [3.05, 3.63) is 35.9 Å². The summed E-state index contributed by atoms with van der Waals surface area (Å²) in [4.78, 5) is 39.5. The largest absolute Gasteiger partial charge is 0.378 e. The second-order valence-electron chi connectivity index (χ2n) is 9.81. The standard InChI is InChI=1S/C24H33N3O4/c1-17(23(12-6-7-13-23)18-10-4-3-5-11-18)25-19(28)22(2,31)16-27-20(29)24(26-21(27)30)14-8-9-15-24/h3-5,10-11,17,31H,6-9,12-16H2,1-2H3,(H,25,28)(H,26,30). The zero-order chi connectivity index (χ0) is 22.3. The molecule has 3 fully saturated rings. The number of rotatable bonds is 6. The molecule has 2 aliphatic carbocycles. The fourth-order valence-electron chi connectivity index (χ4n) is 5.75. The number of amides is 4. The molecule has 0 radical (unpaired) electrons. The highest BCUT2D eigenvalue weighted by molar-refractivity contribution is 6.07. The number of hydrogen-bond donors (Lipinski definition) is 3. The minimum absolute atomic E-state index is 0.179. The van der Waals surface area contributed by atoms with Crippen molar-refractivity contribution in [1.29, 1.82) is 0 Å². The molecule has 3 N–H and O–H groups in total. The van der Waals surface area contributed by atoms with Crippen molar-refractivity contribution in [1.82, 2.24) is 15.5 Å². The van der Waals surface area contributed by atoms with Gasteiger partial charge in [-0.1, -0.05) is 56.0 Å². The smallest absolute Gasteiger partial charge is 0.325 e. The molecule has 2 atom stereocenters. The van der Waals surface area contributed by atoms with E-state index in [1.807, 2.05) is 25.1 Å². The van der Waals surface area contributed by atoms with Gasteiger partial charge >= 0.3 is 6.03 Å². The van der Waals surface area contributed by atoms with Crippen LogP contribution in [0.5, 0.6) is 0 Å². The van der Waals surface area contributed by atoms with E-state index in [1.54, 1.807) is 0 Å². The van der Waals surface area contributed by atoms with Gasteiger partial charge in [0, 0.05) is 11.5 Å². The summed E-state index contributed by atoms with van der Waals surface area (Å²) in [6.07, 6.45) is 7.11. The Morgan fingerprint density at radius 2 is 1.71 bits per heavy atom. The summed E-state index contributed by atoms with van der Waals surface area (Å²) >= 11 is 0. The van der Waals surface area contributed by atoms with Gasteiger partial charge in [0.2, 0.25) is 0 Å². The number of nitrogens with zero attached hydrogens (tertiary/aromatic N) is 1. The molecule has 4 amide bonds. The van der Waals surface area contributed by atoms with E-state index < -0.39 is 23.1 Å². The highest BCUT2D eigenvalue weighted by Gasteiger charge is 2.54. The lowest BCUT2D eigenvalue weighted by Gasteiger charge is -2.38. The second-order valence-corrected chi connectivity index (χ2v) is 9.81. The van der Waals surface area contributed by atoms with Crippen LogP contribution < -0.4 is 10.6 Å². The Kier molecular flexibility index (Phi) is 5.58. The molecule has 2 saturated carbocycles. The number of carbonyl (C=O) groups is 3. The Bertz CT molecular complexity index is 855. The number of urea groups is 1. The Balaban J connectivity index is 1.47. The summed E-state index contributed by atoms with van der Waals surface area (Å²) in [6, 6.07) is 9.48. The van der Waals surface area contributed by atoms with Gasteiger partial charge in [-0.05, 0) is 45.1 Å². The minimum Gasteiger partial charge on any atom is -0.378 e. The maximum atomic E-state index is 13.1. The van der Waals surface area contributed by atoms with Crippen molar-refractivity contribution in [2.24, 2.45) is 0 Å². The van der Waals surface area contributed by atoms with Crippen LogP contribution in [-0.4, -0.2) is 51.6 Å². The Morgan fingerprint density at radius 1 is 1.13 bits per heavy atom. The van der Waals surface area contributed by atoms with Crippen LogP contribution in [0, 0.1) is 0 Å². The summed E-state index contributed by atoms with van der Waals surface area (Å²) in [5.41, 5.74) is -1.71. The number of carbonyl (C=O) groups excluding carboxylic acids is 3. The lowest BCUT2D eigenvalue weighted by molar-refractivity contribution is -0.143. The minimum atomic E-state index is -1.87. The quantitative estimate of drug-likeness (QED) is 0.608. The molecule has 7 heteroatoms. The predicted octanol–water partition coefficient (Wildman–Crippen LogP) is 2.62. The van der Waals surface area contributed by atoms with Crippen LogP contribution in [0.15, 0.2) is 30.3 Å². The first-order chi connectivity index (χ1) is 14.7. The number of aliphatic hydroxyl groups is 1. The molecule has 168 valence electrons. The van der Waals surface area contributed by atoms with E-state index in [0.717, 1.165) is 43.4 Å². The van der Waals surface area contributed by atoms with Crippen LogP contribution in [0.1, 0.15) is 70.8 Å². The van der Waals surface area contributed by atoms with E-state index >= 15 is 0 Å². The van der Waals surface area contributed by atoms with E-state index in [0.29, 0.717) is 12.8 Å². The third-order valence-electron chi connectivity index (χ3n) is 7.68. The highest BCUT2D eigenvalue weighted by Crippen LogP contribution is 2.44. The van der Waals surface area contributed by atoms with Gasteiger partial charge in [0.15, 0.2) is 5.60 Å². The van der Waals surface area contributed by atoms with Crippen molar-refractivity contribution < 1.29 is 19.5 Å². The highest BCUT2D eigenvalue weighted by atomic mass is 16.3. The topological polar surface area (TPSA) is 98.7 Å². The molecule has 1 spiro atoms. The summed E-state index contributed by atoms with van der Waals surface area (Å²) in [5, 5.41) is 16.8. The molecule has 1 heterocycles. The maximum Gasteiger partial charge on any atom is 0.325 e. The lowest BCUT2D eigenvalue weighted by Crippen LogP contribution is -2.58. The van der Waals surface area contributed by atoms with Crippen molar-refractivity contribution in [2.45, 2.75) is 87.8 Å². The Labute approximate surface area is 183 Å². The molecule has 4 rings (SSSR count). The summed E-state index contributed by atoms with van der Waals surface area (Å²) < 4.78 is 0. The van der Waals surface area contributed by atoms with Gasteiger partial charge in [0.05, 0.1) is 6.54 Å². The molecule has 0 bridgehead atoms. The van der Waals surface area contributed by atoms with Gasteiger partial charge in [0.1, 0.15) is 5.54 Å². The first-order valence-corrected chi connectivity index (χ1v) is 11.4. The molecule has 1 aromatic rings. The van der Waals surface area contributed by atoms with Crippen LogP contribution in [0.25, 0.3) is 0 Å². The van der Waals surface area contributed by atoms with Crippen LogP contribution in [0.4, 0.5) is 4.79 Å². The average molecular weight is 428 g/mol. The Morgan fingerprint density at radius 3 is 2.32 bits per heavy atom. The SMILES string of the molecule is CC(NC(=O)C(C)(O)CN1C(=O)NC2(CCCC2)C1=O)C1(c2ccccc2)CCCC1. The monoisotopic (exact) mass is 427 g/mol. The number of hydrogen-bond acceptors (Lipinski definition) is 4. The molecule has 1 aliphatic heterocycles. The zero-order valence-electron chi connectivity index (χ0n) is 18.4. The van der Waals surface area contributed by atoms with Crippen LogP contribution in [0.2, 0.25) is 0 Å². The van der Waals surface area contributed by atoms with Crippen LogP contribution in [-0.2, 0) is 15.0 Å². The first kappa shape index (κ1) is 21.8. The fraction of sp³-hybridized carbons (Fsp3) is 0.625. The molecule has 0 aromatic heterocycles. The third kappa shape index (κ3) is 3.73. The second kappa shape index (κ2) is 7.93. The van der Waals surface area contributed by atoms with E-state index in [-0.39, 0.29) is 23.9 Å². The van der Waals surface area contributed by atoms with Crippen LogP contribution >= 0.6 is 0 Å². The normalized spacial score (nSPS) is 24.8. The number of β-amino-alcohol motifs (C(OH)–C–C–N with tert-alkyl or cyclic N) is 1. The fourth-order valence-corrected chi connectivity index (χ4v) is 5.75. The van der Waals surface area contributed by atoms with Crippen molar-refractivity contribution in [3.8, 4) is 0 Å².